The molecule has 1 atom stereocenters. The molecule has 0 aromatic heterocycles. The van der Waals surface area contributed by atoms with Crippen LogP contribution in [-0.4, -0.2) is 23.9 Å². The molecule has 1 saturated carbocycles. The quantitative estimate of drug-likeness (QED) is 0.375. The second kappa shape index (κ2) is 10.4. The summed E-state index contributed by atoms with van der Waals surface area (Å²) in [4.78, 5) is 0. The molecule has 1 unspecified atom stereocenters. The SMILES string of the molecule is CC(C)(C)S(=O)NC1(c2ccccc2)CC(CO[Si](c2ccccc2)(c2ccccc2)C(C)(C)C)C1. The van der Waals surface area contributed by atoms with Gasteiger partial charge in [-0.05, 0) is 60.5 Å². The summed E-state index contributed by atoms with van der Waals surface area (Å²) >= 11 is 0. The first-order chi connectivity index (χ1) is 17.0. The van der Waals surface area contributed by atoms with Crippen LogP contribution in [0.2, 0.25) is 5.04 Å². The Morgan fingerprint density at radius 3 is 1.67 bits per heavy atom. The van der Waals surface area contributed by atoms with Gasteiger partial charge < -0.3 is 4.43 Å². The zero-order valence-electron chi connectivity index (χ0n) is 22.6. The third kappa shape index (κ3) is 5.30. The zero-order chi connectivity index (χ0) is 26.0. The van der Waals surface area contributed by atoms with Crippen LogP contribution in [-0.2, 0) is 21.0 Å². The predicted molar refractivity (Wildman–Crippen MR) is 155 cm³/mol. The number of benzene rings is 3. The van der Waals surface area contributed by atoms with Crippen molar-refractivity contribution in [2.24, 2.45) is 5.92 Å². The molecule has 0 heterocycles. The van der Waals surface area contributed by atoms with Gasteiger partial charge >= 0.3 is 0 Å². The van der Waals surface area contributed by atoms with E-state index >= 15 is 0 Å². The maximum atomic E-state index is 13.1. The Morgan fingerprint density at radius 2 is 1.25 bits per heavy atom. The van der Waals surface area contributed by atoms with Gasteiger partial charge in [-0.2, -0.15) is 0 Å². The monoisotopic (exact) mass is 519 g/mol. The van der Waals surface area contributed by atoms with E-state index in [1.165, 1.54) is 15.9 Å². The van der Waals surface area contributed by atoms with Gasteiger partial charge in [0.25, 0.3) is 8.32 Å². The molecule has 3 nitrogen and oxygen atoms in total. The highest BCUT2D eigenvalue weighted by atomic mass is 32.2. The molecule has 4 rings (SSSR count). The molecule has 1 fully saturated rings. The standard InChI is InChI=1S/C31H41NO2SSi/c1-29(2,3)35(33)32-31(26-16-10-7-11-17-26)22-25(23-31)24-34-36(30(4,5)6,27-18-12-8-13-19-27)28-20-14-9-15-21-28/h7-21,25,32H,22-24H2,1-6H3. The van der Waals surface area contributed by atoms with Gasteiger partial charge in [-0.1, -0.05) is 112 Å². The predicted octanol–water partition coefficient (Wildman–Crippen LogP) is 5.92. The van der Waals surface area contributed by atoms with E-state index in [1.807, 2.05) is 26.8 Å². The molecule has 5 heteroatoms. The normalized spacial score (nSPS) is 21.6. The van der Waals surface area contributed by atoms with E-state index in [4.69, 9.17) is 4.43 Å². The van der Waals surface area contributed by atoms with Crippen LogP contribution in [0.1, 0.15) is 59.9 Å². The van der Waals surface area contributed by atoms with Crippen molar-refractivity contribution in [2.45, 2.75) is 69.7 Å². The topological polar surface area (TPSA) is 38.3 Å². The lowest BCUT2D eigenvalue weighted by molar-refractivity contribution is 0.0757. The van der Waals surface area contributed by atoms with Crippen LogP contribution >= 0.6 is 0 Å². The molecule has 0 amide bonds. The highest BCUT2D eigenvalue weighted by Crippen LogP contribution is 2.47. The molecule has 0 aliphatic heterocycles. The van der Waals surface area contributed by atoms with Crippen LogP contribution in [0.25, 0.3) is 0 Å². The Labute approximate surface area is 221 Å². The van der Waals surface area contributed by atoms with Gasteiger partial charge in [0, 0.05) is 6.61 Å². The number of hydrogen-bond donors (Lipinski definition) is 1. The lowest BCUT2D eigenvalue weighted by atomic mass is 9.66. The smallest absolute Gasteiger partial charge is 0.261 e. The van der Waals surface area contributed by atoms with Crippen molar-refractivity contribution in [2.75, 3.05) is 6.61 Å². The molecule has 36 heavy (non-hydrogen) atoms. The van der Waals surface area contributed by atoms with E-state index in [2.05, 4.69) is 110 Å². The molecule has 0 bridgehead atoms. The van der Waals surface area contributed by atoms with Gasteiger partial charge in [-0.25, -0.2) is 8.93 Å². The maximum absolute atomic E-state index is 13.1. The molecule has 3 aromatic carbocycles. The lowest BCUT2D eigenvalue weighted by Gasteiger charge is -2.51. The van der Waals surface area contributed by atoms with Crippen molar-refractivity contribution in [1.82, 2.24) is 4.72 Å². The maximum Gasteiger partial charge on any atom is 0.261 e. The highest BCUT2D eigenvalue weighted by molar-refractivity contribution is 7.84. The highest BCUT2D eigenvalue weighted by Gasteiger charge is 2.53. The molecule has 1 aliphatic rings. The van der Waals surface area contributed by atoms with E-state index < -0.39 is 19.3 Å². The Bertz CT molecular complexity index is 1110. The van der Waals surface area contributed by atoms with Crippen LogP contribution < -0.4 is 15.1 Å². The van der Waals surface area contributed by atoms with E-state index in [0.717, 1.165) is 12.8 Å². The van der Waals surface area contributed by atoms with Gasteiger partial charge in [-0.3, -0.25) is 0 Å². The van der Waals surface area contributed by atoms with E-state index in [1.54, 1.807) is 0 Å². The first-order valence-electron chi connectivity index (χ1n) is 13.0. The fourth-order valence-electron chi connectivity index (χ4n) is 5.51. The molecular weight excluding hydrogens is 478 g/mol. The summed E-state index contributed by atoms with van der Waals surface area (Å²) in [6.07, 6.45) is 1.83. The molecule has 0 saturated heterocycles. The van der Waals surface area contributed by atoms with Crippen LogP contribution in [0.3, 0.4) is 0 Å². The molecule has 0 spiro atoms. The second-order valence-corrected chi connectivity index (χ2v) is 18.5. The van der Waals surface area contributed by atoms with E-state index in [-0.39, 0.29) is 15.3 Å². The number of rotatable bonds is 8. The minimum atomic E-state index is -2.56. The van der Waals surface area contributed by atoms with Crippen molar-refractivity contribution in [3.05, 3.63) is 96.6 Å². The summed E-state index contributed by atoms with van der Waals surface area (Å²) in [7, 11) is -3.71. The van der Waals surface area contributed by atoms with Gasteiger partial charge in [0.1, 0.15) is 0 Å². The Kier molecular flexibility index (Phi) is 7.78. The van der Waals surface area contributed by atoms with Gasteiger partial charge in [0.05, 0.1) is 21.3 Å². The summed E-state index contributed by atoms with van der Waals surface area (Å²) in [5, 5.41) is 2.58. The lowest BCUT2D eigenvalue weighted by Crippen LogP contribution is -2.67. The average Bonchev–Trinajstić information content (AvgIpc) is 2.82. The number of hydrogen-bond acceptors (Lipinski definition) is 2. The van der Waals surface area contributed by atoms with E-state index in [9.17, 15) is 4.21 Å². The summed E-state index contributed by atoms with van der Waals surface area (Å²) in [5.74, 6) is 0.399. The first-order valence-corrected chi connectivity index (χ1v) is 16.0. The van der Waals surface area contributed by atoms with Crippen molar-refractivity contribution in [3.63, 3.8) is 0 Å². The second-order valence-electron chi connectivity index (χ2n) is 12.2. The molecule has 192 valence electrons. The minimum Gasteiger partial charge on any atom is -0.407 e. The summed E-state index contributed by atoms with van der Waals surface area (Å²) in [5.41, 5.74) is 0.933. The van der Waals surface area contributed by atoms with Gasteiger partial charge in [-0.15, -0.1) is 0 Å². The van der Waals surface area contributed by atoms with Crippen molar-refractivity contribution in [3.8, 4) is 0 Å². The molecule has 1 aliphatic carbocycles. The average molecular weight is 520 g/mol. The van der Waals surface area contributed by atoms with Crippen molar-refractivity contribution >= 4 is 29.7 Å². The van der Waals surface area contributed by atoms with Crippen molar-refractivity contribution < 1.29 is 8.63 Å². The molecular formula is C31H41NO2SSi. The fourth-order valence-corrected chi connectivity index (χ4v) is 11.1. The third-order valence-electron chi connectivity index (χ3n) is 7.40. The van der Waals surface area contributed by atoms with Crippen molar-refractivity contribution in [1.29, 1.82) is 0 Å². The van der Waals surface area contributed by atoms with Crippen LogP contribution in [0, 0.1) is 5.92 Å². The number of nitrogens with one attached hydrogen (secondary N) is 1. The third-order valence-corrected chi connectivity index (χ3v) is 14.1. The van der Waals surface area contributed by atoms with Crippen LogP contribution in [0.5, 0.6) is 0 Å². The fraction of sp³-hybridized carbons (Fsp3) is 0.419. The summed E-state index contributed by atoms with van der Waals surface area (Å²) in [6, 6.07) is 32.2. The first kappa shape index (κ1) is 27.0. The van der Waals surface area contributed by atoms with Crippen LogP contribution in [0.4, 0.5) is 0 Å². The minimum absolute atomic E-state index is 0.0397. The van der Waals surface area contributed by atoms with Crippen LogP contribution in [0.15, 0.2) is 91.0 Å². The summed E-state index contributed by atoms with van der Waals surface area (Å²) < 4.78 is 23.6. The molecule has 0 radical (unpaired) electrons. The largest absolute Gasteiger partial charge is 0.407 e. The Morgan fingerprint density at radius 1 is 0.806 bits per heavy atom. The zero-order valence-corrected chi connectivity index (χ0v) is 24.4. The van der Waals surface area contributed by atoms with E-state index in [0.29, 0.717) is 12.5 Å². The molecule has 1 N–H and O–H groups in total. The van der Waals surface area contributed by atoms with Gasteiger partial charge in [0.2, 0.25) is 0 Å². The summed E-state index contributed by atoms with van der Waals surface area (Å²) in [6.45, 7) is 13.7. The Balaban J connectivity index is 1.62. The molecule has 3 aromatic rings. The Hall–Kier alpha value is -2.05. The van der Waals surface area contributed by atoms with Gasteiger partial charge in [0.15, 0.2) is 0 Å².